The molecule has 0 aliphatic heterocycles. The van der Waals surface area contributed by atoms with E-state index in [1.54, 1.807) is 13.1 Å². The zero-order valence-electron chi connectivity index (χ0n) is 8.78. The summed E-state index contributed by atoms with van der Waals surface area (Å²) in [6.45, 7) is 0. The van der Waals surface area contributed by atoms with Gasteiger partial charge in [0.15, 0.2) is 5.82 Å². The van der Waals surface area contributed by atoms with Gasteiger partial charge in [0, 0.05) is 24.9 Å². The van der Waals surface area contributed by atoms with Crippen molar-refractivity contribution in [2.75, 3.05) is 0 Å². The highest BCUT2D eigenvalue weighted by Gasteiger charge is 2.15. The predicted octanol–water partition coefficient (Wildman–Crippen LogP) is -1.18. The van der Waals surface area contributed by atoms with Gasteiger partial charge in [-0.3, -0.25) is 4.79 Å². The molecule has 0 aliphatic carbocycles. The Morgan fingerprint density at radius 1 is 1.47 bits per heavy atom. The zero-order chi connectivity index (χ0) is 12.6. The number of nitrogens with one attached hydrogen (secondary N) is 1. The predicted molar refractivity (Wildman–Crippen MR) is 58.4 cm³/mol. The summed E-state index contributed by atoms with van der Waals surface area (Å²) in [4.78, 5) is 15.1. The van der Waals surface area contributed by atoms with Crippen molar-refractivity contribution in [3.8, 4) is 11.4 Å². The second-order valence-electron chi connectivity index (χ2n) is 3.37. The summed E-state index contributed by atoms with van der Waals surface area (Å²) >= 11 is 0. The molecule has 9 heteroatoms. The number of aromatic nitrogens is 4. The van der Waals surface area contributed by atoms with E-state index in [-0.39, 0.29) is 11.4 Å². The fourth-order valence-corrected chi connectivity index (χ4v) is 1.58. The largest absolute Gasteiger partial charge is 0.319 e. The molecule has 2 aromatic rings. The minimum atomic E-state index is -3.92. The topological polar surface area (TPSA) is 124 Å². The van der Waals surface area contributed by atoms with Crippen LogP contribution in [-0.2, 0) is 17.1 Å². The maximum Gasteiger partial charge on any atom is 0.273 e. The van der Waals surface area contributed by atoms with Crippen molar-refractivity contribution in [2.24, 2.45) is 12.2 Å². The van der Waals surface area contributed by atoms with Crippen molar-refractivity contribution in [1.82, 2.24) is 19.7 Å². The van der Waals surface area contributed by atoms with Crippen LogP contribution in [0.2, 0.25) is 0 Å². The highest BCUT2D eigenvalue weighted by molar-refractivity contribution is 7.89. The molecule has 0 bridgehead atoms. The highest BCUT2D eigenvalue weighted by atomic mass is 32.2. The Bertz CT molecular complexity index is 715. The van der Waals surface area contributed by atoms with E-state index in [0.29, 0.717) is 5.56 Å². The van der Waals surface area contributed by atoms with Crippen LogP contribution in [-0.4, -0.2) is 28.2 Å². The molecule has 0 fully saturated rings. The van der Waals surface area contributed by atoms with Crippen LogP contribution >= 0.6 is 0 Å². The number of hydrogen-bond acceptors (Lipinski definition) is 5. The summed E-state index contributed by atoms with van der Waals surface area (Å²) in [7, 11) is -2.32. The third-order valence-corrected chi connectivity index (χ3v) is 2.82. The van der Waals surface area contributed by atoms with Gasteiger partial charge in [-0.15, -0.1) is 0 Å². The number of sulfonamides is 1. The molecule has 0 saturated heterocycles. The van der Waals surface area contributed by atoms with Gasteiger partial charge in [0.25, 0.3) is 20.7 Å². The standard InChI is InChI=1S/C8H9N5O3S/c1-13-3-2-5(4-6(13)14)7-10-8(12-11-7)17(9,15)16/h2-4H,1H3,(H2,9,15,16)(H,10,11,12). The average molecular weight is 255 g/mol. The SMILES string of the molecule is Cn1ccc(-c2n[nH]c(S(N)(=O)=O)n2)cc1=O. The molecule has 8 nitrogen and oxygen atoms in total. The highest BCUT2D eigenvalue weighted by Crippen LogP contribution is 2.12. The van der Waals surface area contributed by atoms with Crippen LogP contribution in [0.5, 0.6) is 0 Å². The van der Waals surface area contributed by atoms with Crippen LogP contribution in [0.4, 0.5) is 0 Å². The first-order valence-electron chi connectivity index (χ1n) is 4.50. The Balaban J connectivity index is 2.51. The number of nitrogens with zero attached hydrogens (tertiary/aromatic N) is 3. The van der Waals surface area contributed by atoms with E-state index in [0.717, 1.165) is 0 Å². The first kappa shape index (κ1) is 11.5. The van der Waals surface area contributed by atoms with E-state index in [1.807, 2.05) is 0 Å². The number of rotatable bonds is 2. The summed E-state index contributed by atoms with van der Waals surface area (Å²) in [6.07, 6.45) is 1.53. The van der Waals surface area contributed by atoms with E-state index >= 15 is 0 Å². The first-order chi connectivity index (χ1) is 7.88. The quantitative estimate of drug-likeness (QED) is 0.698. The van der Waals surface area contributed by atoms with E-state index in [2.05, 4.69) is 15.2 Å². The van der Waals surface area contributed by atoms with E-state index in [1.165, 1.54) is 16.8 Å². The lowest BCUT2D eigenvalue weighted by Gasteiger charge is -1.97. The Morgan fingerprint density at radius 3 is 2.71 bits per heavy atom. The summed E-state index contributed by atoms with van der Waals surface area (Å²) in [6, 6.07) is 2.90. The molecule has 2 rings (SSSR count). The fraction of sp³-hybridized carbons (Fsp3) is 0.125. The molecule has 2 aromatic heterocycles. The molecular formula is C8H9N5O3S. The Hall–Kier alpha value is -2.00. The van der Waals surface area contributed by atoms with Crippen molar-refractivity contribution in [1.29, 1.82) is 0 Å². The fourth-order valence-electron chi connectivity index (χ4n) is 1.19. The first-order valence-corrected chi connectivity index (χ1v) is 6.05. The molecule has 0 amide bonds. The lowest BCUT2D eigenvalue weighted by Crippen LogP contribution is -2.14. The molecule has 0 aliphatic rings. The van der Waals surface area contributed by atoms with Gasteiger partial charge in [0.1, 0.15) is 0 Å². The van der Waals surface area contributed by atoms with Gasteiger partial charge in [0.05, 0.1) is 0 Å². The van der Waals surface area contributed by atoms with Crippen LogP contribution in [0.15, 0.2) is 28.3 Å². The molecule has 90 valence electrons. The van der Waals surface area contributed by atoms with E-state index in [4.69, 9.17) is 5.14 Å². The van der Waals surface area contributed by atoms with Gasteiger partial charge in [-0.1, -0.05) is 0 Å². The summed E-state index contributed by atoms with van der Waals surface area (Å²) in [5, 5.41) is 10.3. The second-order valence-corrected chi connectivity index (χ2v) is 4.85. The van der Waals surface area contributed by atoms with Crippen molar-refractivity contribution < 1.29 is 8.42 Å². The lowest BCUT2D eigenvalue weighted by atomic mass is 10.2. The maximum atomic E-state index is 11.4. The number of hydrogen-bond donors (Lipinski definition) is 2. The van der Waals surface area contributed by atoms with Gasteiger partial charge in [-0.05, 0) is 6.07 Å². The number of nitrogens with two attached hydrogens (primary N) is 1. The molecule has 0 unspecified atom stereocenters. The maximum absolute atomic E-state index is 11.4. The number of pyridine rings is 1. The van der Waals surface area contributed by atoms with Gasteiger partial charge >= 0.3 is 0 Å². The normalized spacial score (nSPS) is 11.6. The number of H-pyrrole nitrogens is 1. The molecule has 0 radical (unpaired) electrons. The molecule has 0 atom stereocenters. The van der Waals surface area contributed by atoms with Crippen molar-refractivity contribution in [2.45, 2.75) is 5.16 Å². The molecule has 0 aromatic carbocycles. The van der Waals surface area contributed by atoms with Gasteiger partial charge < -0.3 is 4.57 Å². The van der Waals surface area contributed by atoms with Gasteiger partial charge in [-0.2, -0.15) is 10.1 Å². The van der Waals surface area contributed by atoms with Crippen molar-refractivity contribution >= 4 is 10.0 Å². The summed E-state index contributed by atoms with van der Waals surface area (Å²) in [5.74, 6) is 0.103. The minimum Gasteiger partial charge on any atom is -0.319 e. The van der Waals surface area contributed by atoms with Crippen LogP contribution in [0.3, 0.4) is 0 Å². The third kappa shape index (κ3) is 2.24. The molecule has 0 saturated carbocycles. The zero-order valence-corrected chi connectivity index (χ0v) is 9.60. The molecule has 3 N–H and O–H groups in total. The van der Waals surface area contributed by atoms with Crippen molar-refractivity contribution in [3.05, 3.63) is 28.7 Å². The van der Waals surface area contributed by atoms with Gasteiger partial charge in [0.2, 0.25) is 0 Å². The van der Waals surface area contributed by atoms with Gasteiger partial charge in [-0.25, -0.2) is 18.7 Å². The molecule has 17 heavy (non-hydrogen) atoms. The second kappa shape index (κ2) is 3.79. The Labute approximate surface area is 96.2 Å². The molecule has 2 heterocycles. The third-order valence-electron chi connectivity index (χ3n) is 2.10. The van der Waals surface area contributed by atoms with E-state index in [9.17, 15) is 13.2 Å². The smallest absolute Gasteiger partial charge is 0.273 e. The monoisotopic (exact) mass is 255 g/mol. The van der Waals surface area contributed by atoms with Crippen LogP contribution in [0, 0.1) is 0 Å². The summed E-state index contributed by atoms with van der Waals surface area (Å²) in [5.41, 5.74) is 0.170. The Morgan fingerprint density at radius 2 is 2.18 bits per heavy atom. The van der Waals surface area contributed by atoms with Crippen LogP contribution < -0.4 is 10.7 Å². The van der Waals surface area contributed by atoms with E-state index < -0.39 is 15.2 Å². The number of primary sulfonamides is 1. The average Bonchev–Trinajstić information content (AvgIpc) is 2.70. The van der Waals surface area contributed by atoms with Crippen LogP contribution in [0.25, 0.3) is 11.4 Å². The molecule has 0 spiro atoms. The lowest BCUT2D eigenvalue weighted by molar-refractivity contribution is 0.589. The molecular weight excluding hydrogens is 246 g/mol. The van der Waals surface area contributed by atoms with Crippen molar-refractivity contribution in [3.63, 3.8) is 0 Å². The van der Waals surface area contributed by atoms with Crippen LogP contribution in [0.1, 0.15) is 0 Å². The number of aromatic amines is 1. The minimum absolute atomic E-state index is 0.103. The number of aryl methyl sites for hydroxylation is 1. The summed E-state index contributed by atoms with van der Waals surface area (Å²) < 4.78 is 23.3. The Kier molecular flexibility index (Phi) is 2.56.